The Morgan fingerprint density at radius 3 is 2.30 bits per heavy atom. The molecule has 1 aromatic carbocycles. The van der Waals surface area contributed by atoms with Gasteiger partial charge in [0.1, 0.15) is 11.9 Å². The molecule has 0 aromatic heterocycles. The zero-order valence-electron chi connectivity index (χ0n) is 21.6. The van der Waals surface area contributed by atoms with Gasteiger partial charge in [-0.15, -0.1) is 0 Å². The molecule has 3 rings (SSSR count). The highest BCUT2D eigenvalue weighted by Crippen LogP contribution is 2.57. The predicted molar refractivity (Wildman–Crippen MR) is 130 cm³/mol. The molecule has 1 saturated carbocycles. The van der Waals surface area contributed by atoms with Crippen molar-refractivity contribution in [2.75, 3.05) is 20.8 Å². The Hall–Kier alpha value is -1.09. The summed E-state index contributed by atoms with van der Waals surface area (Å²) in [5.41, 5.74) is -0.133. The predicted octanol–water partition coefficient (Wildman–Crippen LogP) is 4.97. The number of methoxy groups -OCH3 is 2. The third-order valence-corrected chi connectivity index (χ3v) is 12.8. The molecule has 0 N–H and O–H groups in total. The lowest BCUT2D eigenvalue weighted by atomic mass is 9.55. The molecule has 5 atom stereocenters. The lowest BCUT2D eigenvalue weighted by Crippen LogP contribution is -2.74. The lowest BCUT2D eigenvalue weighted by molar-refractivity contribution is -0.332. The first-order chi connectivity index (χ1) is 15.4. The van der Waals surface area contributed by atoms with Crippen LogP contribution in [0.25, 0.3) is 0 Å². The minimum atomic E-state index is -2.11. The van der Waals surface area contributed by atoms with Crippen LogP contribution in [-0.4, -0.2) is 59.5 Å². The highest BCUT2D eigenvalue weighted by atomic mass is 28.4. The molecule has 1 aromatic rings. The second-order valence-electron chi connectivity index (χ2n) is 11.4. The monoisotopic (exact) mass is 478 g/mol. The van der Waals surface area contributed by atoms with Crippen LogP contribution >= 0.6 is 0 Å². The summed E-state index contributed by atoms with van der Waals surface area (Å²) in [5.74, 6) is -0.413. The van der Waals surface area contributed by atoms with Crippen molar-refractivity contribution in [3.63, 3.8) is 0 Å². The molecular formula is C26H42O6Si. The maximum absolute atomic E-state index is 12.8. The number of ether oxygens (including phenoxy) is 4. The number of fused-ring (bicyclic) bond motifs is 1. The van der Waals surface area contributed by atoms with E-state index in [-0.39, 0.29) is 17.2 Å². The number of carbonyl (C=O) groups is 1. The number of hydrogen-bond donors (Lipinski definition) is 0. The zero-order chi connectivity index (χ0) is 24.5. The van der Waals surface area contributed by atoms with E-state index >= 15 is 0 Å². The van der Waals surface area contributed by atoms with Gasteiger partial charge in [0.25, 0.3) is 0 Å². The summed E-state index contributed by atoms with van der Waals surface area (Å²) in [6, 6.07) is 10.1. The van der Waals surface area contributed by atoms with Crippen LogP contribution in [0.15, 0.2) is 30.3 Å². The maximum Gasteiger partial charge on any atom is 0.192 e. The number of benzene rings is 1. The maximum atomic E-state index is 12.8. The zero-order valence-corrected chi connectivity index (χ0v) is 22.6. The molecule has 7 heteroatoms. The van der Waals surface area contributed by atoms with Crippen molar-refractivity contribution in [3.8, 4) is 0 Å². The van der Waals surface area contributed by atoms with Gasteiger partial charge in [-0.25, -0.2) is 0 Å². The molecule has 0 amide bonds. The first-order valence-corrected chi connectivity index (χ1v) is 14.8. The van der Waals surface area contributed by atoms with E-state index in [1.165, 1.54) is 0 Å². The molecule has 2 aliphatic rings. The first kappa shape index (κ1) is 26.5. The minimum absolute atomic E-state index is 0.0469. The molecule has 0 spiro atoms. The Morgan fingerprint density at radius 2 is 1.82 bits per heavy atom. The Labute approximate surface area is 200 Å². The van der Waals surface area contributed by atoms with Gasteiger partial charge in [-0.3, -0.25) is 0 Å². The van der Waals surface area contributed by atoms with Crippen molar-refractivity contribution in [1.29, 1.82) is 0 Å². The normalized spacial score (nSPS) is 32.3. The van der Waals surface area contributed by atoms with Crippen molar-refractivity contribution in [3.05, 3.63) is 35.9 Å². The van der Waals surface area contributed by atoms with Crippen molar-refractivity contribution in [1.82, 2.24) is 0 Å². The van der Waals surface area contributed by atoms with E-state index in [4.69, 9.17) is 23.4 Å². The Morgan fingerprint density at radius 1 is 1.18 bits per heavy atom. The molecule has 6 nitrogen and oxygen atoms in total. The number of aldehydes is 1. The molecule has 1 heterocycles. The van der Waals surface area contributed by atoms with E-state index in [1.54, 1.807) is 14.2 Å². The van der Waals surface area contributed by atoms with Crippen molar-refractivity contribution < 1.29 is 28.2 Å². The third kappa shape index (κ3) is 4.99. The van der Waals surface area contributed by atoms with Crippen LogP contribution in [0.4, 0.5) is 0 Å². The summed E-state index contributed by atoms with van der Waals surface area (Å²) in [7, 11) is 1.16. The van der Waals surface area contributed by atoms with Crippen LogP contribution in [0, 0.1) is 11.3 Å². The minimum Gasteiger partial charge on any atom is -0.413 e. The number of hydrogen-bond acceptors (Lipinski definition) is 6. The van der Waals surface area contributed by atoms with E-state index in [0.717, 1.165) is 11.8 Å². The average Bonchev–Trinajstić information content (AvgIpc) is 2.75. The fraction of sp³-hybridized carbons (Fsp3) is 0.731. The van der Waals surface area contributed by atoms with Gasteiger partial charge in [0.15, 0.2) is 14.6 Å². The Kier molecular flexibility index (Phi) is 7.93. The van der Waals surface area contributed by atoms with E-state index in [9.17, 15) is 4.79 Å². The number of rotatable bonds is 10. The van der Waals surface area contributed by atoms with Crippen LogP contribution < -0.4 is 0 Å². The Bertz CT molecular complexity index is 790. The van der Waals surface area contributed by atoms with Crippen LogP contribution in [-0.2, 0) is 34.8 Å². The van der Waals surface area contributed by atoms with Crippen molar-refractivity contribution >= 4 is 14.6 Å². The molecular weight excluding hydrogens is 436 g/mol. The molecule has 0 radical (unpaired) electrons. The molecule has 1 saturated heterocycles. The smallest absolute Gasteiger partial charge is 0.192 e. The lowest BCUT2D eigenvalue weighted by Gasteiger charge is -2.63. The van der Waals surface area contributed by atoms with Gasteiger partial charge in [0.05, 0.1) is 31.3 Å². The summed E-state index contributed by atoms with van der Waals surface area (Å²) in [6.07, 6.45) is 1.49. The molecule has 0 bridgehead atoms. The fourth-order valence-electron chi connectivity index (χ4n) is 5.03. The van der Waals surface area contributed by atoms with E-state index in [0.29, 0.717) is 26.1 Å². The van der Waals surface area contributed by atoms with Gasteiger partial charge in [0, 0.05) is 32.5 Å². The van der Waals surface area contributed by atoms with E-state index in [1.807, 2.05) is 30.3 Å². The summed E-state index contributed by atoms with van der Waals surface area (Å²) in [5, 5.41) is 0.0469. The molecule has 1 unspecified atom stereocenters. The molecule has 33 heavy (non-hydrogen) atoms. The fourth-order valence-corrected chi connectivity index (χ4v) is 6.46. The third-order valence-electron chi connectivity index (χ3n) is 8.32. The molecule has 1 aliphatic carbocycles. The van der Waals surface area contributed by atoms with Crippen LogP contribution in [0.5, 0.6) is 0 Å². The molecule has 1 aliphatic heterocycles. The molecule has 2 fully saturated rings. The van der Waals surface area contributed by atoms with Crippen molar-refractivity contribution in [2.45, 2.75) is 89.4 Å². The standard InChI is InChI=1S/C26H42O6Si/c1-24(2,3)33(7,8)32-21-14-22-26(18-30-22,31-17-19-12-10-9-11-13-19)20(16-27)25(21,4)15-23(28-5)29-6/h9-13,16,20-23H,14-15,17-18H2,1-8H3/t20?,21-,22+,25-,26+/m0/s1. The summed E-state index contributed by atoms with van der Waals surface area (Å²) in [4.78, 5) is 12.8. The van der Waals surface area contributed by atoms with Gasteiger partial charge in [-0.1, -0.05) is 58.0 Å². The summed E-state index contributed by atoms with van der Waals surface area (Å²) >= 11 is 0. The quantitative estimate of drug-likeness (QED) is 0.269. The summed E-state index contributed by atoms with van der Waals surface area (Å²) < 4.78 is 30.8. The number of carbonyl (C=O) groups excluding carboxylic acids is 1. The highest BCUT2D eigenvalue weighted by molar-refractivity contribution is 6.74. The first-order valence-electron chi connectivity index (χ1n) is 11.9. The van der Waals surface area contributed by atoms with Crippen LogP contribution in [0.3, 0.4) is 0 Å². The second-order valence-corrected chi connectivity index (χ2v) is 16.1. The van der Waals surface area contributed by atoms with Gasteiger partial charge < -0.3 is 28.2 Å². The van der Waals surface area contributed by atoms with Gasteiger partial charge in [-0.05, 0) is 23.7 Å². The Balaban J connectivity index is 1.96. The van der Waals surface area contributed by atoms with Gasteiger partial charge in [0.2, 0.25) is 0 Å². The van der Waals surface area contributed by atoms with Crippen LogP contribution in [0.1, 0.15) is 46.1 Å². The van der Waals surface area contributed by atoms with Crippen LogP contribution in [0.2, 0.25) is 18.1 Å². The van der Waals surface area contributed by atoms with Crippen molar-refractivity contribution in [2.24, 2.45) is 11.3 Å². The second kappa shape index (κ2) is 9.88. The van der Waals surface area contributed by atoms with E-state index < -0.39 is 31.5 Å². The topological polar surface area (TPSA) is 63.2 Å². The van der Waals surface area contributed by atoms with Gasteiger partial charge in [-0.2, -0.15) is 0 Å². The largest absolute Gasteiger partial charge is 0.413 e. The average molecular weight is 479 g/mol. The summed E-state index contributed by atoms with van der Waals surface area (Å²) in [6.45, 7) is 14.2. The SMILES string of the molecule is COC(C[C@@]1(C)C(C=O)[C@]2(OCc3ccccc3)CO[C@@H]2C[C@@H]1O[Si](C)(C)C(C)(C)C)OC. The highest BCUT2D eigenvalue weighted by Gasteiger charge is 2.67. The van der Waals surface area contributed by atoms with Gasteiger partial charge >= 0.3 is 0 Å². The molecule has 186 valence electrons. The van der Waals surface area contributed by atoms with E-state index in [2.05, 4.69) is 40.8 Å².